The summed E-state index contributed by atoms with van der Waals surface area (Å²) in [5.74, 6) is 0.706. The van der Waals surface area contributed by atoms with Gasteiger partial charge in [-0.2, -0.15) is 5.10 Å². The fraction of sp³-hybridized carbons (Fsp3) is 0.467. The van der Waals surface area contributed by atoms with E-state index in [1.165, 1.54) is 36.1 Å². The fourth-order valence-electron chi connectivity index (χ4n) is 2.54. The summed E-state index contributed by atoms with van der Waals surface area (Å²) >= 11 is 0. The first-order valence-electron chi connectivity index (χ1n) is 6.77. The lowest BCUT2D eigenvalue weighted by Gasteiger charge is -2.26. The van der Waals surface area contributed by atoms with Crippen LogP contribution < -0.4 is 0 Å². The Morgan fingerprint density at radius 1 is 1.28 bits per heavy atom. The van der Waals surface area contributed by atoms with Crippen molar-refractivity contribution in [3.63, 3.8) is 0 Å². The predicted molar refractivity (Wildman–Crippen MR) is 72.5 cm³/mol. The summed E-state index contributed by atoms with van der Waals surface area (Å²) < 4.78 is 1.95. The van der Waals surface area contributed by atoms with Gasteiger partial charge in [0, 0.05) is 41.7 Å². The third-order valence-corrected chi connectivity index (χ3v) is 3.90. The van der Waals surface area contributed by atoms with E-state index in [1.54, 1.807) is 0 Å². The molecule has 0 aliphatic heterocycles. The van der Waals surface area contributed by atoms with E-state index in [4.69, 9.17) is 0 Å². The summed E-state index contributed by atoms with van der Waals surface area (Å²) in [4.78, 5) is 4.67. The van der Waals surface area contributed by atoms with Crippen LogP contribution in [0, 0.1) is 6.92 Å². The van der Waals surface area contributed by atoms with Gasteiger partial charge in [-0.3, -0.25) is 9.67 Å². The van der Waals surface area contributed by atoms with Gasteiger partial charge in [-0.05, 0) is 38.3 Å². The molecular formula is C15H19N3. The van der Waals surface area contributed by atoms with Gasteiger partial charge in [-0.25, -0.2) is 0 Å². The third kappa shape index (κ3) is 1.94. The van der Waals surface area contributed by atoms with Crippen molar-refractivity contribution in [2.75, 3.05) is 0 Å². The Hall–Kier alpha value is -1.64. The highest BCUT2D eigenvalue weighted by atomic mass is 15.3. The molecule has 3 nitrogen and oxygen atoms in total. The zero-order valence-electron chi connectivity index (χ0n) is 11.1. The zero-order valence-corrected chi connectivity index (χ0v) is 11.1. The molecule has 94 valence electrons. The molecule has 1 fully saturated rings. The van der Waals surface area contributed by atoms with E-state index in [1.807, 2.05) is 17.1 Å². The highest BCUT2D eigenvalue weighted by molar-refractivity contribution is 5.61. The molecule has 3 rings (SSSR count). The van der Waals surface area contributed by atoms with Crippen LogP contribution in [0.5, 0.6) is 0 Å². The SMILES string of the molecule is CCn1cc(-c2cnc(C3CCC3)c(C)c2)cn1. The van der Waals surface area contributed by atoms with Crippen LogP contribution in [0.3, 0.4) is 0 Å². The maximum Gasteiger partial charge on any atom is 0.0568 e. The number of hydrogen-bond donors (Lipinski definition) is 0. The van der Waals surface area contributed by atoms with E-state index in [9.17, 15) is 0 Å². The van der Waals surface area contributed by atoms with Crippen molar-refractivity contribution < 1.29 is 0 Å². The van der Waals surface area contributed by atoms with Crippen LogP contribution in [0.2, 0.25) is 0 Å². The van der Waals surface area contributed by atoms with Crippen LogP contribution in [-0.2, 0) is 6.54 Å². The number of aromatic nitrogens is 3. The molecular weight excluding hydrogens is 222 g/mol. The Balaban J connectivity index is 1.91. The average molecular weight is 241 g/mol. The smallest absolute Gasteiger partial charge is 0.0568 e. The van der Waals surface area contributed by atoms with Crippen molar-refractivity contribution in [2.24, 2.45) is 0 Å². The molecule has 2 aromatic heterocycles. The monoisotopic (exact) mass is 241 g/mol. The number of nitrogens with zero attached hydrogens (tertiary/aromatic N) is 3. The van der Waals surface area contributed by atoms with Gasteiger partial charge in [0.1, 0.15) is 0 Å². The molecule has 2 aromatic rings. The minimum atomic E-state index is 0.706. The van der Waals surface area contributed by atoms with Gasteiger partial charge in [0.15, 0.2) is 0 Å². The Bertz CT molecular complexity index is 553. The van der Waals surface area contributed by atoms with Crippen molar-refractivity contribution in [3.05, 3.63) is 35.9 Å². The topological polar surface area (TPSA) is 30.7 Å². The molecule has 18 heavy (non-hydrogen) atoms. The molecule has 0 aromatic carbocycles. The van der Waals surface area contributed by atoms with E-state index in [2.05, 4.69) is 36.2 Å². The van der Waals surface area contributed by atoms with E-state index < -0.39 is 0 Å². The van der Waals surface area contributed by atoms with Crippen molar-refractivity contribution in [1.29, 1.82) is 0 Å². The van der Waals surface area contributed by atoms with Crippen molar-refractivity contribution >= 4 is 0 Å². The van der Waals surface area contributed by atoms with Crippen LogP contribution in [-0.4, -0.2) is 14.8 Å². The minimum absolute atomic E-state index is 0.706. The minimum Gasteiger partial charge on any atom is -0.272 e. The lowest BCUT2D eigenvalue weighted by molar-refractivity contribution is 0.409. The van der Waals surface area contributed by atoms with E-state index in [-0.39, 0.29) is 0 Å². The largest absolute Gasteiger partial charge is 0.272 e. The Labute approximate surface area is 108 Å². The molecule has 0 spiro atoms. The van der Waals surface area contributed by atoms with Gasteiger partial charge in [-0.1, -0.05) is 6.42 Å². The molecule has 0 radical (unpaired) electrons. The number of pyridine rings is 1. The quantitative estimate of drug-likeness (QED) is 0.823. The van der Waals surface area contributed by atoms with Gasteiger partial charge in [0.2, 0.25) is 0 Å². The molecule has 0 atom stereocenters. The first-order chi connectivity index (χ1) is 8.78. The molecule has 0 amide bonds. The second kappa shape index (κ2) is 4.56. The summed E-state index contributed by atoms with van der Waals surface area (Å²) in [5.41, 5.74) is 4.96. The van der Waals surface area contributed by atoms with Crippen LogP contribution in [0.4, 0.5) is 0 Å². The van der Waals surface area contributed by atoms with Gasteiger partial charge in [-0.15, -0.1) is 0 Å². The second-order valence-electron chi connectivity index (χ2n) is 5.14. The maximum atomic E-state index is 4.67. The lowest BCUT2D eigenvalue weighted by Crippen LogP contribution is -2.12. The van der Waals surface area contributed by atoms with Crippen molar-refractivity contribution in [1.82, 2.24) is 14.8 Å². The molecule has 0 N–H and O–H groups in total. The summed E-state index contributed by atoms with van der Waals surface area (Å²) in [6.45, 7) is 5.18. The second-order valence-corrected chi connectivity index (χ2v) is 5.14. The summed E-state index contributed by atoms with van der Waals surface area (Å²) in [6.07, 6.45) is 9.97. The van der Waals surface area contributed by atoms with Gasteiger partial charge >= 0.3 is 0 Å². The first-order valence-corrected chi connectivity index (χ1v) is 6.77. The average Bonchev–Trinajstić information content (AvgIpc) is 2.78. The van der Waals surface area contributed by atoms with E-state index in [0.717, 1.165) is 12.1 Å². The zero-order chi connectivity index (χ0) is 12.5. The molecule has 1 aliphatic rings. The number of aryl methyl sites for hydroxylation is 2. The van der Waals surface area contributed by atoms with Gasteiger partial charge in [0.25, 0.3) is 0 Å². The fourth-order valence-corrected chi connectivity index (χ4v) is 2.54. The molecule has 0 bridgehead atoms. The standard InChI is InChI=1S/C15H19N3/c1-3-18-10-14(9-17-18)13-7-11(2)15(16-8-13)12-5-4-6-12/h7-10,12H,3-6H2,1-2H3. The molecule has 1 aliphatic carbocycles. The van der Waals surface area contributed by atoms with E-state index >= 15 is 0 Å². The molecule has 0 unspecified atom stereocenters. The Morgan fingerprint density at radius 2 is 2.11 bits per heavy atom. The molecule has 3 heteroatoms. The van der Waals surface area contributed by atoms with Crippen LogP contribution >= 0.6 is 0 Å². The summed E-state index contributed by atoms with van der Waals surface area (Å²) in [5, 5.41) is 4.31. The number of rotatable bonds is 3. The van der Waals surface area contributed by atoms with Crippen molar-refractivity contribution in [3.8, 4) is 11.1 Å². The Morgan fingerprint density at radius 3 is 2.67 bits per heavy atom. The predicted octanol–water partition coefficient (Wildman–Crippen LogP) is 3.54. The normalized spacial score (nSPS) is 15.7. The van der Waals surface area contributed by atoms with Crippen LogP contribution in [0.25, 0.3) is 11.1 Å². The van der Waals surface area contributed by atoms with E-state index in [0.29, 0.717) is 5.92 Å². The molecule has 1 saturated carbocycles. The van der Waals surface area contributed by atoms with Gasteiger partial charge in [0.05, 0.1) is 6.20 Å². The van der Waals surface area contributed by atoms with Crippen LogP contribution in [0.15, 0.2) is 24.7 Å². The Kier molecular flexibility index (Phi) is 2.90. The lowest BCUT2D eigenvalue weighted by atomic mass is 9.81. The first kappa shape index (κ1) is 11.5. The maximum absolute atomic E-state index is 4.67. The summed E-state index contributed by atoms with van der Waals surface area (Å²) in [6, 6.07) is 2.25. The highest BCUT2D eigenvalue weighted by Crippen LogP contribution is 2.37. The summed E-state index contributed by atoms with van der Waals surface area (Å²) in [7, 11) is 0. The van der Waals surface area contributed by atoms with Gasteiger partial charge < -0.3 is 0 Å². The third-order valence-electron chi connectivity index (χ3n) is 3.90. The molecule has 0 saturated heterocycles. The molecule has 2 heterocycles. The van der Waals surface area contributed by atoms with Crippen LogP contribution in [0.1, 0.15) is 43.4 Å². The number of hydrogen-bond acceptors (Lipinski definition) is 2. The highest BCUT2D eigenvalue weighted by Gasteiger charge is 2.22. The van der Waals surface area contributed by atoms with Crippen molar-refractivity contribution in [2.45, 2.75) is 45.6 Å².